The van der Waals surface area contributed by atoms with Crippen molar-refractivity contribution >= 4 is 50.6 Å². The molecule has 1 aliphatic carbocycles. The zero-order valence-corrected chi connectivity index (χ0v) is 43.1. The van der Waals surface area contributed by atoms with E-state index < -0.39 is 18.4 Å². The number of hydrogen-bond donors (Lipinski definition) is 2. The average Bonchev–Trinajstić information content (AvgIpc) is 3.35. The fourth-order valence-electron chi connectivity index (χ4n) is 8.66. The molecule has 2 aliphatic heterocycles. The second-order valence-electron chi connectivity index (χ2n) is 16.7. The first-order valence-corrected chi connectivity index (χ1v) is 31.5. The Labute approximate surface area is 396 Å². The molecule has 63 heavy (non-hydrogen) atoms. The zero-order chi connectivity index (χ0) is 43.2. The number of rotatable bonds is 12. The molecular formula is C52H68BrClN8Sn. The quantitative estimate of drug-likeness (QED) is 0.117. The molecule has 0 fully saturated rings. The van der Waals surface area contributed by atoms with Gasteiger partial charge in [0.15, 0.2) is 11.6 Å². The summed E-state index contributed by atoms with van der Waals surface area (Å²) in [5.74, 6) is 1.62. The average molecular weight is 1040 g/mol. The molecule has 334 valence electrons. The molecule has 0 radical (unpaired) electrons. The zero-order valence-electron chi connectivity index (χ0n) is 37.8. The van der Waals surface area contributed by atoms with Crippen LogP contribution in [-0.2, 0) is 38.8 Å². The van der Waals surface area contributed by atoms with Crippen molar-refractivity contribution in [2.75, 3.05) is 13.1 Å². The molecule has 3 aromatic heterocycles. The van der Waals surface area contributed by atoms with Crippen molar-refractivity contribution in [2.45, 2.75) is 124 Å². The summed E-state index contributed by atoms with van der Waals surface area (Å²) in [7, 11) is 0. The number of aromatic nitrogens is 6. The van der Waals surface area contributed by atoms with E-state index in [-0.39, 0.29) is 12.4 Å². The van der Waals surface area contributed by atoms with Crippen LogP contribution >= 0.6 is 28.3 Å². The molecular weight excluding hydrogens is 971 g/mol. The first-order chi connectivity index (χ1) is 30.5. The molecule has 8 nitrogen and oxygen atoms in total. The number of nitrogens with zero attached hydrogens (tertiary/aromatic N) is 6. The Kier molecular flexibility index (Phi) is 22.1. The van der Waals surface area contributed by atoms with Crippen LogP contribution in [0.15, 0.2) is 114 Å². The van der Waals surface area contributed by atoms with E-state index in [0.29, 0.717) is 0 Å². The van der Waals surface area contributed by atoms with Gasteiger partial charge in [0, 0.05) is 53.5 Å². The monoisotopic (exact) mass is 1040 g/mol. The number of unbranched alkanes of at least 4 members (excludes halogenated alkanes) is 3. The maximum absolute atomic E-state index is 4.69. The summed E-state index contributed by atoms with van der Waals surface area (Å²) < 4.78 is 6.88. The van der Waals surface area contributed by atoms with Gasteiger partial charge in [-0.1, -0.05) is 46.3 Å². The number of aryl methyl sites for hydroxylation is 2. The van der Waals surface area contributed by atoms with Crippen molar-refractivity contribution in [1.82, 2.24) is 40.5 Å². The van der Waals surface area contributed by atoms with Gasteiger partial charge >= 0.3 is 123 Å². The van der Waals surface area contributed by atoms with Gasteiger partial charge in [0.2, 0.25) is 0 Å². The molecule has 3 aliphatic rings. The number of fused-ring (bicyclic) bond motifs is 3. The van der Waals surface area contributed by atoms with Crippen molar-refractivity contribution in [3.05, 3.63) is 148 Å². The van der Waals surface area contributed by atoms with Crippen LogP contribution in [0.4, 0.5) is 0 Å². The number of benzene rings is 3. The Morgan fingerprint density at radius 2 is 0.905 bits per heavy atom. The topological polar surface area (TPSA) is 101 Å². The first kappa shape index (κ1) is 50.4. The van der Waals surface area contributed by atoms with Crippen LogP contribution in [-0.4, -0.2) is 61.4 Å². The summed E-state index contributed by atoms with van der Waals surface area (Å²) in [5.41, 5.74) is 11.0. The molecule has 0 spiro atoms. The molecule has 2 N–H and O–H groups in total. The van der Waals surface area contributed by atoms with Crippen LogP contribution in [0.3, 0.4) is 0 Å². The van der Waals surface area contributed by atoms with Gasteiger partial charge in [0.05, 0.1) is 0 Å². The minimum Gasteiger partial charge on any atom is -0.312 e. The molecule has 0 saturated heterocycles. The van der Waals surface area contributed by atoms with E-state index in [2.05, 4.69) is 122 Å². The standard InChI is InChI=1S/2C13H13N3.C10H11Br.C4H3N2.3C4H9.ClH.Sn/c2*1-5-15-13(16-6-1)11-2-3-12-9-14-7-4-10(12)8-11;11-10-6-5-8-3-1-2-4-9(8)7-10;1-2-5-4-6-3-1;3*1-3-4-2;;/h2*1-3,5-6,8,14H,4,7,9H2;5-7H,1-4H2;1-3H;3*1,3-4H2,2H3;1H;. The molecule has 3 aromatic carbocycles. The Hall–Kier alpha value is -3.61. The van der Waals surface area contributed by atoms with E-state index in [0.717, 1.165) is 61.8 Å². The van der Waals surface area contributed by atoms with E-state index in [9.17, 15) is 0 Å². The second kappa shape index (κ2) is 27.7. The van der Waals surface area contributed by atoms with E-state index in [4.69, 9.17) is 9.97 Å². The minimum absolute atomic E-state index is 0. The smallest absolute Gasteiger partial charge is 0.159 e. The van der Waals surface area contributed by atoms with E-state index in [1.165, 1.54) is 108 Å². The molecule has 0 bridgehead atoms. The number of halogens is 2. The van der Waals surface area contributed by atoms with Crippen molar-refractivity contribution in [3.63, 3.8) is 0 Å². The molecule has 6 aromatic rings. The minimum atomic E-state index is -2.32. The third-order valence-corrected chi connectivity index (χ3v) is 27.4. The van der Waals surface area contributed by atoms with Crippen LogP contribution < -0.4 is 14.5 Å². The van der Waals surface area contributed by atoms with Crippen molar-refractivity contribution in [1.29, 1.82) is 0 Å². The molecule has 9 rings (SSSR count). The van der Waals surface area contributed by atoms with Crippen LogP contribution in [0.25, 0.3) is 22.8 Å². The van der Waals surface area contributed by atoms with Crippen LogP contribution in [0, 0.1) is 0 Å². The Morgan fingerprint density at radius 1 is 0.492 bits per heavy atom. The second-order valence-corrected chi connectivity index (χ2v) is 30.5. The van der Waals surface area contributed by atoms with Gasteiger partial charge in [-0.15, -0.1) is 12.4 Å². The number of nitrogens with one attached hydrogen (secondary N) is 2. The number of hydrogen-bond acceptors (Lipinski definition) is 8. The molecule has 11 heteroatoms. The van der Waals surface area contributed by atoms with E-state index in [1.54, 1.807) is 35.9 Å². The summed E-state index contributed by atoms with van der Waals surface area (Å²) in [5, 5.41) is 6.74. The van der Waals surface area contributed by atoms with Crippen LogP contribution in [0.1, 0.15) is 106 Å². The summed E-state index contributed by atoms with van der Waals surface area (Å²) in [6, 6.07) is 25.3. The third kappa shape index (κ3) is 15.5. The summed E-state index contributed by atoms with van der Waals surface area (Å²) in [4.78, 5) is 26.5. The Balaban J connectivity index is 0.000000160. The van der Waals surface area contributed by atoms with Gasteiger partial charge in [0.25, 0.3) is 0 Å². The molecule has 0 amide bonds. The van der Waals surface area contributed by atoms with Crippen molar-refractivity contribution in [3.8, 4) is 22.8 Å². The fraction of sp³-hybridized carbons (Fsp3) is 0.423. The predicted molar refractivity (Wildman–Crippen MR) is 270 cm³/mol. The van der Waals surface area contributed by atoms with Gasteiger partial charge in [0.1, 0.15) is 0 Å². The van der Waals surface area contributed by atoms with Crippen molar-refractivity contribution in [2.24, 2.45) is 0 Å². The van der Waals surface area contributed by atoms with Gasteiger partial charge < -0.3 is 10.6 Å². The van der Waals surface area contributed by atoms with Crippen LogP contribution in [0.5, 0.6) is 0 Å². The molecule has 0 saturated carbocycles. The third-order valence-electron chi connectivity index (χ3n) is 12.2. The van der Waals surface area contributed by atoms with Gasteiger partial charge in [-0.2, -0.15) is 0 Å². The molecule has 0 atom stereocenters. The summed E-state index contributed by atoms with van der Waals surface area (Å²) in [6.45, 7) is 11.0. The summed E-state index contributed by atoms with van der Waals surface area (Å²) in [6.07, 6.45) is 26.6. The van der Waals surface area contributed by atoms with Gasteiger partial charge in [-0.05, 0) is 121 Å². The maximum Gasteiger partial charge on any atom is 0.159 e. The van der Waals surface area contributed by atoms with E-state index >= 15 is 0 Å². The summed E-state index contributed by atoms with van der Waals surface area (Å²) >= 11 is 1.17. The normalized spacial score (nSPS) is 13.7. The fourth-order valence-corrected chi connectivity index (χ4v) is 23.9. The SMILES string of the molecule is Brc1ccc2c(c1)CCCC2.CCC[CH2][Sn]([CH2]CCC)([CH2]CCC)[c]1ncccn1.Cl.c1cnc(-c2ccc3c(c2)CCNC3)nc1.c1cnc(-c2ccc3c(c2)CCNC3)nc1. The Bertz CT molecular complexity index is 2100. The molecule has 0 unspecified atom stereocenters. The van der Waals surface area contributed by atoms with Gasteiger partial charge in [-0.25, -0.2) is 19.9 Å². The van der Waals surface area contributed by atoms with Gasteiger partial charge in [-0.3, -0.25) is 0 Å². The predicted octanol–water partition coefficient (Wildman–Crippen LogP) is 11.9. The maximum atomic E-state index is 4.69. The van der Waals surface area contributed by atoms with Crippen molar-refractivity contribution < 1.29 is 0 Å². The van der Waals surface area contributed by atoms with Crippen LogP contribution in [0.2, 0.25) is 13.3 Å². The van der Waals surface area contributed by atoms with E-state index in [1.807, 2.05) is 30.6 Å². The Morgan fingerprint density at radius 3 is 1.37 bits per heavy atom. The molecule has 5 heterocycles. The largest absolute Gasteiger partial charge is 0.312 e. The first-order valence-electron chi connectivity index (χ1n) is 23.3.